The second kappa shape index (κ2) is 7.74. The minimum Gasteiger partial charge on any atom is -0.245 e. The summed E-state index contributed by atoms with van der Waals surface area (Å²) in [6, 6.07) is 8.86. The van der Waals surface area contributed by atoms with E-state index >= 15 is 0 Å². The highest BCUT2D eigenvalue weighted by atomic mass is 32.1. The maximum atomic E-state index is 4.94. The number of hydrogen-bond donors (Lipinski definition) is 0. The Balaban J connectivity index is 0.000000774. The van der Waals surface area contributed by atoms with Crippen LogP contribution in [0.5, 0.6) is 0 Å². The number of benzene rings is 1. The summed E-state index contributed by atoms with van der Waals surface area (Å²) in [5.74, 6) is 0.701. The molecule has 2 aromatic rings. The molecule has 0 radical (unpaired) electrons. The maximum Gasteiger partial charge on any atom is 0.0932 e. The third-order valence-corrected chi connectivity index (χ3v) is 5.29. The van der Waals surface area contributed by atoms with Crippen molar-refractivity contribution in [2.75, 3.05) is 0 Å². The molecule has 0 bridgehead atoms. The largest absolute Gasteiger partial charge is 0.245 e. The molecule has 1 aromatic carbocycles. The van der Waals surface area contributed by atoms with Crippen LogP contribution in [-0.2, 0) is 6.42 Å². The molecule has 1 aromatic heterocycles. The quantitative estimate of drug-likeness (QED) is 0.642. The van der Waals surface area contributed by atoms with Gasteiger partial charge < -0.3 is 0 Å². The topological polar surface area (TPSA) is 12.9 Å². The van der Waals surface area contributed by atoms with E-state index in [0.29, 0.717) is 5.92 Å². The molecule has 0 aliphatic heterocycles. The highest BCUT2D eigenvalue weighted by Gasteiger charge is 2.24. The van der Waals surface area contributed by atoms with E-state index in [-0.39, 0.29) is 0 Å². The molecule has 2 heteroatoms. The van der Waals surface area contributed by atoms with Crippen LogP contribution in [0.2, 0.25) is 0 Å². The number of aromatic nitrogens is 1. The van der Waals surface area contributed by atoms with Gasteiger partial charge in [0.25, 0.3) is 0 Å². The monoisotopic (exact) mass is 301 g/mol. The van der Waals surface area contributed by atoms with Crippen LogP contribution in [0.15, 0.2) is 24.3 Å². The molecular formula is C19H27NS. The van der Waals surface area contributed by atoms with Gasteiger partial charge in [-0.3, -0.25) is 0 Å². The van der Waals surface area contributed by atoms with Crippen LogP contribution in [0.1, 0.15) is 68.6 Å². The van der Waals surface area contributed by atoms with Crippen molar-refractivity contribution in [3.8, 4) is 10.4 Å². The Morgan fingerprint density at radius 2 is 1.90 bits per heavy atom. The minimum absolute atomic E-state index is 0.701. The van der Waals surface area contributed by atoms with Gasteiger partial charge >= 0.3 is 0 Å². The number of thiazole rings is 1. The Hall–Kier alpha value is -1.15. The minimum atomic E-state index is 0.701. The third-order valence-electron chi connectivity index (χ3n) is 4.02. The molecule has 21 heavy (non-hydrogen) atoms. The molecule has 1 aliphatic rings. The van der Waals surface area contributed by atoms with Crippen molar-refractivity contribution in [2.24, 2.45) is 0 Å². The standard InChI is InChI=1S/C17H21NS.C2H6/c1-3-15-18-16(13-8-4-5-9-13)17(19-15)14-10-6-7-12(2)11-14;1-2/h6-7,10-11,13H,3-5,8-9H2,1-2H3;1-2H3. The second-order valence-corrected chi connectivity index (χ2v) is 6.61. The Bertz CT molecular complexity index is 565. The molecule has 0 saturated heterocycles. The van der Waals surface area contributed by atoms with Crippen molar-refractivity contribution >= 4 is 11.3 Å². The molecule has 0 atom stereocenters. The lowest BCUT2D eigenvalue weighted by atomic mass is 9.99. The fraction of sp³-hybridized carbons (Fsp3) is 0.526. The molecule has 1 heterocycles. The van der Waals surface area contributed by atoms with Gasteiger partial charge in [-0.15, -0.1) is 11.3 Å². The third kappa shape index (κ3) is 3.74. The molecule has 1 nitrogen and oxygen atoms in total. The van der Waals surface area contributed by atoms with Crippen LogP contribution in [0, 0.1) is 6.92 Å². The molecule has 3 rings (SSSR count). The summed E-state index contributed by atoms with van der Waals surface area (Å²) in [5, 5.41) is 1.29. The van der Waals surface area contributed by atoms with Crippen molar-refractivity contribution in [3.63, 3.8) is 0 Å². The molecule has 0 unspecified atom stereocenters. The smallest absolute Gasteiger partial charge is 0.0932 e. The summed E-state index contributed by atoms with van der Waals surface area (Å²) in [4.78, 5) is 6.36. The van der Waals surface area contributed by atoms with E-state index in [1.807, 2.05) is 25.2 Å². The van der Waals surface area contributed by atoms with Gasteiger partial charge in [-0.25, -0.2) is 4.98 Å². The molecule has 1 saturated carbocycles. The lowest BCUT2D eigenvalue weighted by molar-refractivity contribution is 0.701. The summed E-state index contributed by atoms with van der Waals surface area (Å²) >= 11 is 1.90. The first-order chi connectivity index (χ1) is 10.3. The van der Waals surface area contributed by atoms with E-state index in [0.717, 1.165) is 6.42 Å². The van der Waals surface area contributed by atoms with Crippen molar-refractivity contribution in [1.82, 2.24) is 4.98 Å². The zero-order valence-corrected chi connectivity index (χ0v) is 14.6. The summed E-state index contributed by atoms with van der Waals surface area (Å²) in [6.07, 6.45) is 6.45. The van der Waals surface area contributed by atoms with E-state index < -0.39 is 0 Å². The predicted octanol–water partition coefficient (Wildman–Crippen LogP) is 6.36. The normalized spacial score (nSPS) is 14.9. The van der Waals surface area contributed by atoms with Gasteiger partial charge in [0.05, 0.1) is 15.6 Å². The molecule has 114 valence electrons. The van der Waals surface area contributed by atoms with E-state index in [2.05, 4.69) is 38.1 Å². The first-order valence-corrected chi connectivity index (χ1v) is 9.16. The Morgan fingerprint density at radius 3 is 2.52 bits per heavy atom. The van der Waals surface area contributed by atoms with Gasteiger partial charge in [-0.2, -0.15) is 0 Å². The fourth-order valence-electron chi connectivity index (χ4n) is 3.00. The lowest BCUT2D eigenvalue weighted by Crippen LogP contribution is -1.95. The maximum absolute atomic E-state index is 4.94. The molecular weight excluding hydrogens is 274 g/mol. The number of aryl methyl sites for hydroxylation is 2. The highest BCUT2D eigenvalue weighted by Crippen LogP contribution is 2.41. The SMILES string of the molecule is CC.CCc1nc(C2CCCC2)c(-c2cccc(C)c2)s1. The van der Waals surface area contributed by atoms with E-state index in [1.54, 1.807) is 0 Å². The first kappa shape index (κ1) is 16.2. The average molecular weight is 301 g/mol. The fourth-order valence-corrected chi connectivity index (χ4v) is 4.08. The van der Waals surface area contributed by atoms with E-state index in [9.17, 15) is 0 Å². The molecule has 0 amide bonds. The molecule has 0 N–H and O–H groups in total. The number of nitrogens with zero attached hydrogens (tertiary/aromatic N) is 1. The van der Waals surface area contributed by atoms with Crippen molar-refractivity contribution in [2.45, 2.75) is 65.7 Å². The van der Waals surface area contributed by atoms with Gasteiger partial charge in [0.2, 0.25) is 0 Å². The molecule has 1 fully saturated rings. The summed E-state index contributed by atoms with van der Waals surface area (Å²) in [6.45, 7) is 8.37. The molecule has 0 spiro atoms. The van der Waals surface area contributed by atoms with Crippen molar-refractivity contribution in [1.29, 1.82) is 0 Å². The number of hydrogen-bond acceptors (Lipinski definition) is 2. The van der Waals surface area contributed by atoms with Gasteiger partial charge in [0, 0.05) is 5.92 Å². The average Bonchev–Trinajstić information content (AvgIpc) is 3.18. The van der Waals surface area contributed by atoms with E-state index in [1.165, 1.54) is 52.4 Å². The summed E-state index contributed by atoms with van der Waals surface area (Å²) < 4.78 is 0. The summed E-state index contributed by atoms with van der Waals surface area (Å²) in [5.41, 5.74) is 4.07. The zero-order valence-electron chi connectivity index (χ0n) is 13.8. The van der Waals surface area contributed by atoms with E-state index in [4.69, 9.17) is 4.98 Å². The van der Waals surface area contributed by atoms with Crippen LogP contribution < -0.4 is 0 Å². The van der Waals surface area contributed by atoms with Gasteiger partial charge in [0.1, 0.15) is 0 Å². The van der Waals surface area contributed by atoms with Crippen LogP contribution in [0.25, 0.3) is 10.4 Å². The van der Waals surface area contributed by atoms with Crippen LogP contribution in [0.3, 0.4) is 0 Å². The highest BCUT2D eigenvalue weighted by molar-refractivity contribution is 7.15. The Labute approximate surface area is 133 Å². The second-order valence-electron chi connectivity index (χ2n) is 5.53. The van der Waals surface area contributed by atoms with Gasteiger partial charge in [0.15, 0.2) is 0 Å². The zero-order chi connectivity index (χ0) is 15.2. The van der Waals surface area contributed by atoms with Crippen LogP contribution in [0.4, 0.5) is 0 Å². The van der Waals surface area contributed by atoms with Gasteiger partial charge in [-0.1, -0.05) is 63.4 Å². The molecule has 1 aliphatic carbocycles. The lowest BCUT2D eigenvalue weighted by Gasteiger charge is -2.09. The first-order valence-electron chi connectivity index (χ1n) is 8.34. The van der Waals surface area contributed by atoms with Crippen molar-refractivity contribution in [3.05, 3.63) is 40.5 Å². The van der Waals surface area contributed by atoms with Crippen LogP contribution in [-0.4, -0.2) is 4.98 Å². The Kier molecular flexibility index (Phi) is 5.98. The Morgan fingerprint density at radius 1 is 1.19 bits per heavy atom. The summed E-state index contributed by atoms with van der Waals surface area (Å²) in [7, 11) is 0. The predicted molar refractivity (Wildman–Crippen MR) is 94.2 cm³/mol. The van der Waals surface area contributed by atoms with Crippen molar-refractivity contribution < 1.29 is 0 Å². The number of rotatable bonds is 3. The van der Waals surface area contributed by atoms with Crippen LogP contribution >= 0.6 is 11.3 Å². The van der Waals surface area contributed by atoms with Gasteiger partial charge in [-0.05, 0) is 31.7 Å².